The number of carboxylic acid groups (broad SMARTS) is 1. The zero-order chi connectivity index (χ0) is 9.41. The highest BCUT2D eigenvalue weighted by Crippen LogP contribution is 2.35. The molecule has 0 aliphatic carbocycles. The van der Waals surface area contributed by atoms with Crippen molar-refractivity contribution in [2.75, 3.05) is 6.61 Å². The Labute approximate surface area is 71.2 Å². The summed E-state index contributed by atoms with van der Waals surface area (Å²) in [5.41, 5.74) is -2.72. The molecule has 1 fully saturated rings. The molecule has 1 atom stereocenters. The maximum Gasteiger partial charge on any atom is 0.338 e. The van der Waals surface area contributed by atoms with Gasteiger partial charge in [-0.1, -0.05) is 0 Å². The molecule has 1 saturated heterocycles. The largest absolute Gasteiger partial charge is 0.479 e. The first-order valence-electron chi connectivity index (χ1n) is 4.00. The highest BCUT2D eigenvalue weighted by molar-refractivity contribution is 5.79. The monoisotopic (exact) mass is 174 g/mol. The molecule has 1 aliphatic heterocycles. The SMILES string of the molecule is CC(C)(O)C1(C(=O)O)CCCO1. The zero-order valence-corrected chi connectivity index (χ0v) is 7.33. The van der Waals surface area contributed by atoms with Gasteiger partial charge in [-0.05, 0) is 26.7 Å². The van der Waals surface area contributed by atoms with Crippen LogP contribution in [0.25, 0.3) is 0 Å². The van der Waals surface area contributed by atoms with Gasteiger partial charge in [0.25, 0.3) is 0 Å². The lowest BCUT2D eigenvalue weighted by Crippen LogP contribution is -2.55. The number of hydrogen-bond donors (Lipinski definition) is 2. The van der Waals surface area contributed by atoms with Gasteiger partial charge in [-0.3, -0.25) is 0 Å². The highest BCUT2D eigenvalue weighted by atomic mass is 16.5. The predicted octanol–water partition coefficient (Wildman–Crippen LogP) is 0.391. The van der Waals surface area contributed by atoms with Crippen LogP contribution in [0.2, 0.25) is 0 Å². The fraction of sp³-hybridized carbons (Fsp3) is 0.875. The lowest BCUT2D eigenvalue weighted by molar-refractivity contribution is -0.188. The molecule has 12 heavy (non-hydrogen) atoms. The molecule has 0 saturated carbocycles. The summed E-state index contributed by atoms with van der Waals surface area (Å²) >= 11 is 0. The van der Waals surface area contributed by atoms with Crippen molar-refractivity contribution in [3.8, 4) is 0 Å². The van der Waals surface area contributed by atoms with Crippen LogP contribution in [-0.2, 0) is 9.53 Å². The number of ether oxygens (including phenoxy) is 1. The molecule has 1 rings (SSSR count). The molecular weight excluding hydrogens is 160 g/mol. The molecule has 0 spiro atoms. The Morgan fingerprint density at radius 3 is 2.33 bits per heavy atom. The summed E-state index contributed by atoms with van der Waals surface area (Å²) in [7, 11) is 0. The standard InChI is InChI=1S/C8H14O4/c1-7(2,11)8(6(9)10)4-3-5-12-8/h11H,3-5H2,1-2H3,(H,9,10). The van der Waals surface area contributed by atoms with Crippen LogP contribution in [0.1, 0.15) is 26.7 Å². The van der Waals surface area contributed by atoms with Crippen LogP contribution in [0.15, 0.2) is 0 Å². The van der Waals surface area contributed by atoms with E-state index in [9.17, 15) is 9.90 Å². The number of carbonyl (C=O) groups is 1. The van der Waals surface area contributed by atoms with Gasteiger partial charge < -0.3 is 14.9 Å². The number of rotatable bonds is 2. The quantitative estimate of drug-likeness (QED) is 0.635. The third-order valence-electron chi connectivity index (χ3n) is 2.36. The average Bonchev–Trinajstić information content (AvgIpc) is 2.31. The predicted molar refractivity (Wildman–Crippen MR) is 41.9 cm³/mol. The van der Waals surface area contributed by atoms with Crippen LogP contribution in [-0.4, -0.2) is 34.0 Å². The second-order valence-corrected chi connectivity index (χ2v) is 3.64. The zero-order valence-electron chi connectivity index (χ0n) is 7.33. The van der Waals surface area contributed by atoms with E-state index in [2.05, 4.69) is 0 Å². The van der Waals surface area contributed by atoms with E-state index in [4.69, 9.17) is 9.84 Å². The molecule has 0 aromatic rings. The van der Waals surface area contributed by atoms with E-state index in [1.54, 1.807) is 0 Å². The Balaban J connectivity index is 2.94. The summed E-state index contributed by atoms with van der Waals surface area (Å²) in [5.74, 6) is -1.08. The maximum absolute atomic E-state index is 10.9. The molecule has 4 heteroatoms. The van der Waals surface area contributed by atoms with Crippen LogP contribution in [0.5, 0.6) is 0 Å². The Morgan fingerprint density at radius 1 is 1.58 bits per heavy atom. The van der Waals surface area contributed by atoms with Gasteiger partial charge in [0, 0.05) is 6.61 Å². The molecule has 70 valence electrons. The minimum atomic E-state index is -1.40. The third-order valence-corrected chi connectivity index (χ3v) is 2.36. The third kappa shape index (κ3) is 1.21. The normalized spacial score (nSPS) is 30.6. The van der Waals surface area contributed by atoms with E-state index in [1.807, 2.05) is 0 Å². The van der Waals surface area contributed by atoms with E-state index >= 15 is 0 Å². The van der Waals surface area contributed by atoms with E-state index < -0.39 is 17.2 Å². The van der Waals surface area contributed by atoms with Gasteiger partial charge in [-0.2, -0.15) is 0 Å². The van der Waals surface area contributed by atoms with Crippen molar-refractivity contribution in [3.05, 3.63) is 0 Å². The van der Waals surface area contributed by atoms with Crippen molar-refractivity contribution in [2.45, 2.75) is 37.9 Å². The summed E-state index contributed by atoms with van der Waals surface area (Å²) in [4.78, 5) is 10.9. The van der Waals surface area contributed by atoms with Gasteiger partial charge in [0.1, 0.15) is 0 Å². The Morgan fingerprint density at radius 2 is 2.17 bits per heavy atom. The van der Waals surface area contributed by atoms with Gasteiger partial charge >= 0.3 is 5.97 Å². The molecule has 0 bridgehead atoms. The van der Waals surface area contributed by atoms with Crippen LogP contribution >= 0.6 is 0 Å². The number of carboxylic acids is 1. The van der Waals surface area contributed by atoms with Gasteiger partial charge in [0.15, 0.2) is 5.60 Å². The van der Waals surface area contributed by atoms with Crippen molar-refractivity contribution in [1.82, 2.24) is 0 Å². The molecule has 0 aromatic heterocycles. The molecule has 0 aromatic carbocycles. The van der Waals surface area contributed by atoms with E-state index in [0.29, 0.717) is 19.4 Å². The second-order valence-electron chi connectivity index (χ2n) is 3.64. The molecular formula is C8H14O4. The van der Waals surface area contributed by atoms with E-state index in [1.165, 1.54) is 13.8 Å². The number of hydrogen-bond acceptors (Lipinski definition) is 3. The fourth-order valence-corrected chi connectivity index (χ4v) is 1.55. The first-order chi connectivity index (χ1) is 5.40. The van der Waals surface area contributed by atoms with Gasteiger partial charge in [0.2, 0.25) is 0 Å². The maximum atomic E-state index is 10.9. The van der Waals surface area contributed by atoms with Crippen molar-refractivity contribution in [2.24, 2.45) is 0 Å². The van der Waals surface area contributed by atoms with Crippen molar-refractivity contribution >= 4 is 5.97 Å². The summed E-state index contributed by atoms with van der Waals surface area (Å²) in [6.45, 7) is 3.34. The topological polar surface area (TPSA) is 66.8 Å². The fourth-order valence-electron chi connectivity index (χ4n) is 1.55. The molecule has 2 N–H and O–H groups in total. The van der Waals surface area contributed by atoms with Crippen molar-refractivity contribution in [1.29, 1.82) is 0 Å². The Bertz CT molecular complexity index is 186. The molecule has 1 aliphatic rings. The van der Waals surface area contributed by atoms with Crippen molar-refractivity contribution in [3.63, 3.8) is 0 Å². The number of aliphatic carboxylic acids is 1. The summed E-state index contributed by atoms with van der Waals surface area (Å²) < 4.78 is 5.12. The number of aliphatic hydroxyl groups is 1. The lowest BCUT2D eigenvalue weighted by Gasteiger charge is -2.35. The lowest BCUT2D eigenvalue weighted by atomic mass is 9.83. The van der Waals surface area contributed by atoms with Gasteiger partial charge in [-0.25, -0.2) is 4.79 Å². The highest BCUT2D eigenvalue weighted by Gasteiger charge is 2.54. The van der Waals surface area contributed by atoms with Gasteiger partial charge in [-0.15, -0.1) is 0 Å². The Kier molecular flexibility index (Phi) is 2.14. The van der Waals surface area contributed by atoms with Crippen LogP contribution in [0.3, 0.4) is 0 Å². The first-order valence-corrected chi connectivity index (χ1v) is 4.00. The average molecular weight is 174 g/mol. The molecule has 0 amide bonds. The molecule has 0 radical (unpaired) electrons. The molecule has 1 unspecified atom stereocenters. The summed E-state index contributed by atoms with van der Waals surface area (Å²) in [6, 6.07) is 0. The van der Waals surface area contributed by atoms with E-state index in [-0.39, 0.29) is 0 Å². The second kappa shape index (κ2) is 2.71. The van der Waals surface area contributed by atoms with Gasteiger partial charge in [0.05, 0.1) is 5.60 Å². The first kappa shape index (κ1) is 9.48. The van der Waals surface area contributed by atoms with Crippen LogP contribution < -0.4 is 0 Å². The summed E-state index contributed by atoms with van der Waals surface area (Å²) in [6.07, 6.45) is 1.07. The van der Waals surface area contributed by atoms with Crippen LogP contribution in [0, 0.1) is 0 Å². The Hall–Kier alpha value is -0.610. The van der Waals surface area contributed by atoms with Crippen LogP contribution in [0.4, 0.5) is 0 Å². The summed E-state index contributed by atoms with van der Waals surface area (Å²) in [5, 5.41) is 18.5. The van der Waals surface area contributed by atoms with Crippen molar-refractivity contribution < 1.29 is 19.7 Å². The van der Waals surface area contributed by atoms with E-state index in [0.717, 1.165) is 0 Å². The minimum absolute atomic E-state index is 0.381. The minimum Gasteiger partial charge on any atom is -0.479 e. The molecule has 4 nitrogen and oxygen atoms in total. The molecule has 1 heterocycles. The smallest absolute Gasteiger partial charge is 0.338 e.